The van der Waals surface area contributed by atoms with Gasteiger partial charge in [0, 0.05) is 0 Å². The zero-order valence-electron chi connectivity index (χ0n) is 15.9. The van der Waals surface area contributed by atoms with Crippen LogP contribution in [0.5, 0.6) is 11.5 Å². The minimum atomic E-state index is -0.533. The van der Waals surface area contributed by atoms with Gasteiger partial charge in [0.05, 0.1) is 22.5 Å². The van der Waals surface area contributed by atoms with Gasteiger partial charge in [0.25, 0.3) is 11.8 Å². The maximum absolute atomic E-state index is 13.1. The van der Waals surface area contributed by atoms with E-state index in [0.717, 1.165) is 3.57 Å². The van der Waals surface area contributed by atoms with Crippen LogP contribution in [0.3, 0.4) is 0 Å². The average molecular weight is 522 g/mol. The van der Waals surface area contributed by atoms with Gasteiger partial charge in [-0.15, -0.1) is 0 Å². The number of benzene rings is 2. The highest BCUT2D eigenvalue weighted by Gasteiger charge is 2.34. The Hall–Kier alpha value is -2.46. The predicted molar refractivity (Wildman–Crippen MR) is 124 cm³/mol. The van der Waals surface area contributed by atoms with Gasteiger partial charge in [0.1, 0.15) is 5.57 Å². The van der Waals surface area contributed by atoms with Gasteiger partial charge in [-0.2, -0.15) is 0 Å². The van der Waals surface area contributed by atoms with E-state index in [4.69, 9.17) is 21.7 Å². The number of nitrogens with one attached hydrogen (secondary N) is 1. The molecule has 8 heteroatoms. The van der Waals surface area contributed by atoms with E-state index < -0.39 is 11.8 Å². The van der Waals surface area contributed by atoms with Gasteiger partial charge in [-0.25, -0.2) is 0 Å². The number of hydrogen-bond acceptors (Lipinski definition) is 5. The van der Waals surface area contributed by atoms with Crippen molar-refractivity contribution in [2.45, 2.75) is 13.8 Å². The van der Waals surface area contributed by atoms with Gasteiger partial charge in [0.2, 0.25) is 0 Å². The van der Waals surface area contributed by atoms with Crippen molar-refractivity contribution in [2.75, 3.05) is 18.1 Å². The lowest BCUT2D eigenvalue weighted by atomic mass is 10.1. The Morgan fingerprint density at radius 2 is 1.79 bits per heavy atom. The normalized spacial score (nSPS) is 15.5. The first-order valence-corrected chi connectivity index (χ1v) is 10.5. The summed E-state index contributed by atoms with van der Waals surface area (Å²) in [7, 11) is 0. The standard InChI is InChI=1S/C21H19IN2O4S/c1-3-27-17-12-13(11-16(22)18(17)28-4-2)10-15-19(25)23-21(29)24(20(15)26)14-8-6-5-7-9-14/h5-12H,3-4H2,1-2H3,(H,23,25,29)/b15-10-. The monoisotopic (exact) mass is 522 g/mol. The zero-order chi connectivity index (χ0) is 21.0. The molecule has 150 valence electrons. The first-order chi connectivity index (χ1) is 14.0. The largest absolute Gasteiger partial charge is 0.490 e. The number of rotatable bonds is 6. The van der Waals surface area contributed by atoms with Gasteiger partial charge in [-0.05, 0) is 84.6 Å². The van der Waals surface area contributed by atoms with Crippen LogP contribution in [0.25, 0.3) is 6.08 Å². The van der Waals surface area contributed by atoms with Gasteiger partial charge in [-0.3, -0.25) is 19.8 Å². The van der Waals surface area contributed by atoms with E-state index in [2.05, 4.69) is 27.9 Å². The molecular formula is C21H19IN2O4S. The highest BCUT2D eigenvalue weighted by Crippen LogP contribution is 2.35. The van der Waals surface area contributed by atoms with Crippen LogP contribution in [0.4, 0.5) is 5.69 Å². The zero-order valence-corrected chi connectivity index (χ0v) is 18.9. The minimum Gasteiger partial charge on any atom is -0.490 e. The van der Waals surface area contributed by atoms with Crippen molar-refractivity contribution < 1.29 is 19.1 Å². The van der Waals surface area contributed by atoms with Crippen LogP contribution in [0.2, 0.25) is 0 Å². The molecule has 0 unspecified atom stereocenters. The van der Waals surface area contributed by atoms with Crippen molar-refractivity contribution in [3.63, 3.8) is 0 Å². The molecule has 2 aromatic rings. The number of nitrogens with zero attached hydrogens (tertiary/aromatic N) is 1. The van der Waals surface area contributed by atoms with E-state index in [-0.39, 0.29) is 10.7 Å². The predicted octanol–water partition coefficient (Wildman–Crippen LogP) is 3.92. The molecule has 0 radical (unpaired) electrons. The van der Waals surface area contributed by atoms with Crippen molar-refractivity contribution in [1.29, 1.82) is 0 Å². The molecule has 1 N–H and O–H groups in total. The molecule has 0 bridgehead atoms. The van der Waals surface area contributed by atoms with Crippen LogP contribution >= 0.6 is 34.8 Å². The number of carbonyl (C=O) groups excluding carboxylic acids is 2. The van der Waals surface area contributed by atoms with E-state index in [1.165, 1.54) is 11.0 Å². The first-order valence-electron chi connectivity index (χ1n) is 9.01. The summed E-state index contributed by atoms with van der Waals surface area (Å²) in [5.41, 5.74) is 1.23. The van der Waals surface area contributed by atoms with E-state index >= 15 is 0 Å². The van der Waals surface area contributed by atoms with Crippen LogP contribution in [-0.2, 0) is 9.59 Å². The highest BCUT2D eigenvalue weighted by atomic mass is 127. The highest BCUT2D eigenvalue weighted by molar-refractivity contribution is 14.1. The summed E-state index contributed by atoms with van der Waals surface area (Å²) >= 11 is 7.36. The molecular weight excluding hydrogens is 503 g/mol. The molecule has 0 atom stereocenters. The summed E-state index contributed by atoms with van der Waals surface area (Å²) in [5, 5.41) is 2.64. The van der Waals surface area contributed by atoms with E-state index in [0.29, 0.717) is 36.0 Å². The quantitative estimate of drug-likeness (QED) is 0.270. The second-order valence-corrected chi connectivity index (χ2v) is 7.54. The fourth-order valence-corrected chi connectivity index (χ4v) is 3.92. The Morgan fingerprint density at radius 3 is 2.45 bits per heavy atom. The number of para-hydroxylation sites is 1. The number of ether oxygens (including phenoxy) is 2. The number of halogens is 1. The minimum absolute atomic E-state index is 0.00939. The molecule has 3 rings (SSSR count). The third kappa shape index (κ3) is 4.59. The summed E-state index contributed by atoms with van der Waals surface area (Å²) in [6, 6.07) is 12.5. The van der Waals surface area contributed by atoms with Gasteiger partial charge in [0.15, 0.2) is 16.6 Å². The van der Waals surface area contributed by atoms with E-state index in [9.17, 15) is 9.59 Å². The van der Waals surface area contributed by atoms with Crippen LogP contribution in [0.1, 0.15) is 19.4 Å². The Bertz CT molecular complexity index is 992. The molecule has 2 amide bonds. The van der Waals surface area contributed by atoms with Crippen molar-refractivity contribution in [2.24, 2.45) is 0 Å². The van der Waals surface area contributed by atoms with E-state index in [1.807, 2.05) is 26.0 Å². The molecule has 1 heterocycles. The summed E-state index contributed by atoms with van der Waals surface area (Å²) in [4.78, 5) is 26.9. The molecule has 1 aliphatic rings. The maximum Gasteiger partial charge on any atom is 0.270 e. The van der Waals surface area contributed by atoms with Crippen LogP contribution in [0, 0.1) is 3.57 Å². The molecule has 0 aromatic heterocycles. The summed E-state index contributed by atoms with van der Waals surface area (Å²) in [5.74, 6) is 0.191. The molecule has 1 saturated heterocycles. The van der Waals surface area contributed by atoms with Crippen molar-refractivity contribution >= 4 is 63.5 Å². The lowest BCUT2D eigenvalue weighted by Crippen LogP contribution is -2.54. The second-order valence-electron chi connectivity index (χ2n) is 5.99. The smallest absolute Gasteiger partial charge is 0.270 e. The van der Waals surface area contributed by atoms with Crippen LogP contribution in [-0.4, -0.2) is 30.1 Å². The Balaban J connectivity index is 2.03. The van der Waals surface area contributed by atoms with Gasteiger partial charge < -0.3 is 9.47 Å². The third-order valence-electron chi connectivity index (χ3n) is 4.05. The SMILES string of the molecule is CCOc1cc(/C=C2/C(=O)NC(=S)N(c3ccccc3)C2=O)cc(I)c1OCC. The molecule has 29 heavy (non-hydrogen) atoms. The second kappa shape index (κ2) is 9.36. The van der Waals surface area contributed by atoms with Crippen molar-refractivity contribution in [1.82, 2.24) is 5.32 Å². The molecule has 0 spiro atoms. The number of thiocarbonyl (C=S) groups is 1. The third-order valence-corrected chi connectivity index (χ3v) is 5.13. The van der Waals surface area contributed by atoms with Crippen molar-refractivity contribution in [3.05, 3.63) is 57.2 Å². The molecule has 2 aromatic carbocycles. The number of hydrogen-bond donors (Lipinski definition) is 1. The maximum atomic E-state index is 13.1. The summed E-state index contributed by atoms with van der Waals surface area (Å²) < 4.78 is 12.2. The fraction of sp³-hybridized carbons (Fsp3) is 0.190. The van der Waals surface area contributed by atoms with Gasteiger partial charge in [-0.1, -0.05) is 18.2 Å². The van der Waals surface area contributed by atoms with E-state index in [1.54, 1.807) is 30.3 Å². The topological polar surface area (TPSA) is 67.9 Å². The molecule has 1 fully saturated rings. The van der Waals surface area contributed by atoms with Gasteiger partial charge >= 0.3 is 0 Å². The molecule has 0 saturated carbocycles. The average Bonchev–Trinajstić information content (AvgIpc) is 2.69. The lowest BCUT2D eigenvalue weighted by Gasteiger charge is -2.28. The summed E-state index contributed by atoms with van der Waals surface area (Å²) in [6.45, 7) is 4.74. The van der Waals surface area contributed by atoms with Crippen LogP contribution < -0.4 is 19.7 Å². The number of carbonyl (C=O) groups is 2. The molecule has 6 nitrogen and oxygen atoms in total. The molecule has 0 aliphatic carbocycles. The number of anilines is 1. The number of amides is 2. The molecule has 1 aliphatic heterocycles. The Kier molecular flexibility index (Phi) is 6.86. The first kappa shape index (κ1) is 21.3. The fourth-order valence-electron chi connectivity index (χ4n) is 2.85. The van der Waals surface area contributed by atoms with Crippen LogP contribution in [0.15, 0.2) is 48.0 Å². The lowest BCUT2D eigenvalue weighted by molar-refractivity contribution is -0.122. The Morgan fingerprint density at radius 1 is 1.10 bits per heavy atom. The van der Waals surface area contributed by atoms with Crippen molar-refractivity contribution in [3.8, 4) is 11.5 Å². The Labute approximate surface area is 188 Å². The summed E-state index contributed by atoms with van der Waals surface area (Å²) in [6.07, 6.45) is 1.54.